The molecule has 0 amide bonds. The highest BCUT2D eigenvalue weighted by molar-refractivity contribution is 5.56. The van der Waals surface area contributed by atoms with Gasteiger partial charge in [-0.15, -0.1) is 0 Å². The lowest BCUT2D eigenvalue weighted by Gasteiger charge is -2.26. The van der Waals surface area contributed by atoms with Crippen LogP contribution in [0.1, 0.15) is 12.0 Å². The zero-order valence-electron chi connectivity index (χ0n) is 8.99. The highest BCUT2D eigenvalue weighted by Gasteiger charge is 2.17. The Bertz CT molecular complexity index is 338. The topological polar surface area (TPSA) is 41.5 Å². The first-order chi connectivity index (χ1) is 7.29. The quantitative estimate of drug-likeness (QED) is 0.796. The Labute approximate surface area is 90.1 Å². The summed E-state index contributed by atoms with van der Waals surface area (Å²) in [5.41, 5.74) is 2.36. The number of phenolic OH excluding ortho intramolecular Hbond substituents is 1. The number of benzene rings is 1. The van der Waals surface area contributed by atoms with E-state index < -0.39 is 0 Å². The summed E-state index contributed by atoms with van der Waals surface area (Å²) in [4.78, 5) is 0. The number of rotatable bonds is 3. The highest BCUT2D eigenvalue weighted by atomic mass is 16.5. The maximum atomic E-state index is 9.34. The molecule has 0 saturated carbocycles. The summed E-state index contributed by atoms with van der Waals surface area (Å²) in [7, 11) is 1.74. The Morgan fingerprint density at radius 2 is 2.40 bits per heavy atom. The molecule has 1 aromatic rings. The summed E-state index contributed by atoms with van der Waals surface area (Å²) in [6.45, 7) is 1.79. The van der Waals surface area contributed by atoms with Gasteiger partial charge in [0, 0.05) is 32.0 Å². The second-order valence-electron chi connectivity index (χ2n) is 4.07. The van der Waals surface area contributed by atoms with Gasteiger partial charge in [0.25, 0.3) is 0 Å². The van der Waals surface area contributed by atoms with E-state index in [9.17, 15) is 5.11 Å². The second kappa shape index (κ2) is 4.53. The summed E-state index contributed by atoms with van der Waals surface area (Å²) in [5, 5.41) is 12.7. The lowest BCUT2D eigenvalue weighted by Crippen LogP contribution is -2.24. The molecule has 0 aromatic heterocycles. The summed E-state index contributed by atoms with van der Waals surface area (Å²) in [6.07, 6.45) is 2.16. The van der Waals surface area contributed by atoms with Gasteiger partial charge in [0.1, 0.15) is 5.75 Å². The van der Waals surface area contributed by atoms with Gasteiger partial charge < -0.3 is 15.2 Å². The van der Waals surface area contributed by atoms with Crippen LogP contribution in [0.4, 0.5) is 5.69 Å². The van der Waals surface area contributed by atoms with Crippen molar-refractivity contribution in [1.82, 2.24) is 0 Å². The molecule has 0 spiro atoms. The fourth-order valence-corrected chi connectivity index (χ4v) is 2.03. The second-order valence-corrected chi connectivity index (χ2v) is 4.07. The molecule has 0 saturated heterocycles. The fraction of sp³-hybridized carbons (Fsp3) is 0.500. The number of aromatic hydroxyl groups is 1. The van der Waals surface area contributed by atoms with Crippen molar-refractivity contribution in [3.05, 3.63) is 23.8 Å². The van der Waals surface area contributed by atoms with Crippen molar-refractivity contribution in [2.45, 2.75) is 12.8 Å². The Kier molecular flexibility index (Phi) is 3.11. The Balaban J connectivity index is 2.03. The van der Waals surface area contributed by atoms with E-state index in [0.29, 0.717) is 11.7 Å². The number of ether oxygens (including phenoxy) is 1. The van der Waals surface area contributed by atoms with Gasteiger partial charge in [-0.3, -0.25) is 0 Å². The van der Waals surface area contributed by atoms with Gasteiger partial charge in [-0.2, -0.15) is 0 Å². The standard InChI is InChI=1S/C12H17NO2/c1-15-5-4-9-6-10-2-3-11(14)7-12(10)13-8-9/h2-3,7,9,13-14H,4-6,8H2,1H3. The van der Waals surface area contributed by atoms with E-state index >= 15 is 0 Å². The number of anilines is 1. The van der Waals surface area contributed by atoms with Crippen LogP contribution < -0.4 is 5.32 Å². The van der Waals surface area contributed by atoms with Crippen molar-refractivity contribution in [2.24, 2.45) is 5.92 Å². The van der Waals surface area contributed by atoms with Crippen molar-refractivity contribution in [3.8, 4) is 5.75 Å². The molecule has 0 radical (unpaired) electrons. The summed E-state index contributed by atoms with van der Waals surface area (Å²) in [6, 6.07) is 5.54. The van der Waals surface area contributed by atoms with E-state index in [1.165, 1.54) is 5.56 Å². The van der Waals surface area contributed by atoms with Crippen molar-refractivity contribution in [2.75, 3.05) is 25.6 Å². The number of nitrogens with one attached hydrogen (secondary N) is 1. The first-order valence-corrected chi connectivity index (χ1v) is 5.34. The summed E-state index contributed by atoms with van der Waals surface area (Å²) in [5.74, 6) is 0.971. The van der Waals surface area contributed by atoms with E-state index in [-0.39, 0.29) is 0 Å². The van der Waals surface area contributed by atoms with Crippen LogP contribution in [0.25, 0.3) is 0 Å². The predicted octanol–water partition coefficient (Wildman–Crippen LogP) is 2.01. The summed E-state index contributed by atoms with van der Waals surface area (Å²) >= 11 is 0. The van der Waals surface area contributed by atoms with Gasteiger partial charge in [0.05, 0.1) is 0 Å². The van der Waals surface area contributed by atoms with Crippen molar-refractivity contribution < 1.29 is 9.84 Å². The molecule has 1 heterocycles. The third-order valence-electron chi connectivity index (χ3n) is 2.91. The molecule has 3 heteroatoms. The van der Waals surface area contributed by atoms with Crippen molar-refractivity contribution in [3.63, 3.8) is 0 Å². The molecule has 2 rings (SSSR count). The highest BCUT2D eigenvalue weighted by Crippen LogP contribution is 2.29. The summed E-state index contributed by atoms with van der Waals surface area (Å²) < 4.78 is 5.08. The van der Waals surface area contributed by atoms with Crippen LogP contribution in [0.2, 0.25) is 0 Å². The number of fused-ring (bicyclic) bond motifs is 1. The molecular formula is C12H17NO2. The smallest absolute Gasteiger partial charge is 0.117 e. The van der Waals surface area contributed by atoms with Crippen LogP contribution in [0.3, 0.4) is 0 Å². The molecule has 1 aliphatic rings. The fourth-order valence-electron chi connectivity index (χ4n) is 2.03. The molecule has 1 unspecified atom stereocenters. The van der Waals surface area contributed by atoms with E-state index in [0.717, 1.165) is 31.7 Å². The van der Waals surface area contributed by atoms with Gasteiger partial charge in [0.2, 0.25) is 0 Å². The lowest BCUT2D eigenvalue weighted by molar-refractivity contribution is 0.178. The van der Waals surface area contributed by atoms with E-state index in [4.69, 9.17) is 4.74 Å². The Morgan fingerprint density at radius 3 is 3.20 bits per heavy atom. The van der Waals surface area contributed by atoms with Gasteiger partial charge in [0.15, 0.2) is 0 Å². The van der Waals surface area contributed by atoms with Crippen LogP contribution in [0, 0.1) is 5.92 Å². The average molecular weight is 207 g/mol. The first-order valence-electron chi connectivity index (χ1n) is 5.34. The van der Waals surface area contributed by atoms with Crippen LogP contribution in [-0.2, 0) is 11.2 Å². The van der Waals surface area contributed by atoms with Crippen molar-refractivity contribution >= 4 is 5.69 Å². The third kappa shape index (κ3) is 2.42. The molecule has 0 bridgehead atoms. The lowest BCUT2D eigenvalue weighted by atomic mass is 9.92. The molecule has 2 N–H and O–H groups in total. The van der Waals surface area contributed by atoms with Gasteiger partial charge in [-0.05, 0) is 30.4 Å². The van der Waals surface area contributed by atoms with E-state index in [1.54, 1.807) is 19.2 Å². The SMILES string of the molecule is COCCC1CNc2cc(O)ccc2C1. The van der Waals surface area contributed by atoms with E-state index in [2.05, 4.69) is 5.32 Å². The first kappa shape index (κ1) is 10.3. The number of methoxy groups -OCH3 is 1. The number of phenols is 1. The Morgan fingerprint density at radius 1 is 1.53 bits per heavy atom. The molecule has 0 fully saturated rings. The molecular weight excluding hydrogens is 190 g/mol. The average Bonchev–Trinajstić information content (AvgIpc) is 2.26. The van der Waals surface area contributed by atoms with Crippen LogP contribution in [0.15, 0.2) is 18.2 Å². The molecule has 15 heavy (non-hydrogen) atoms. The molecule has 3 nitrogen and oxygen atoms in total. The molecule has 82 valence electrons. The van der Waals surface area contributed by atoms with Crippen LogP contribution in [0.5, 0.6) is 5.75 Å². The molecule has 1 atom stereocenters. The van der Waals surface area contributed by atoms with E-state index in [1.807, 2.05) is 6.07 Å². The number of hydrogen-bond donors (Lipinski definition) is 2. The molecule has 1 aromatic carbocycles. The molecule has 1 aliphatic heterocycles. The van der Waals surface area contributed by atoms with Crippen LogP contribution in [-0.4, -0.2) is 25.4 Å². The maximum Gasteiger partial charge on any atom is 0.117 e. The van der Waals surface area contributed by atoms with Crippen molar-refractivity contribution in [1.29, 1.82) is 0 Å². The maximum absolute atomic E-state index is 9.34. The minimum Gasteiger partial charge on any atom is -0.508 e. The minimum absolute atomic E-state index is 0.330. The van der Waals surface area contributed by atoms with Gasteiger partial charge in [-0.1, -0.05) is 6.07 Å². The normalized spacial score (nSPS) is 19.4. The minimum atomic E-state index is 0.330. The monoisotopic (exact) mass is 207 g/mol. The molecule has 0 aliphatic carbocycles. The zero-order chi connectivity index (χ0) is 10.7. The third-order valence-corrected chi connectivity index (χ3v) is 2.91. The van der Waals surface area contributed by atoms with Crippen LogP contribution >= 0.6 is 0 Å². The largest absolute Gasteiger partial charge is 0.508 e. The number of hydrogen-bond acceptors (Lipinski definition) is 3. The van der Waals surface area contributed by atoms with Gasteiger partial charge >= 0.3 is 0 Å². The predicted molar refractivity (Wildman–Crippen MR) is 60.3 cm³/mol. The zero-order valence-corrected chi connectivity index (χ0v) is 8.99. The Hall–Kier alpha value is -1.22. The van der Waals surface area contributed by atoms with Gasteiger partial charge in [-0.25, -0.2) is 0 Å².